The van der Waals surface area contributed by atoms with E-state index < -0.39 is 0 Å². The standard InChI is InChI=1S/C23H31N3O2S/c1-17(2)13-15-26-22(28)19-10-6-7-11-20(19)25-23(26)29-16-21(27)24-14-12-18-8-4-3-5-9-18/h6-8,10-11,17H,3-5,9,12-16H2,1-2H3,(H,24,27). The predicted molar refractivity (Wildman–Crippen MR) is 120 cm³/mol. The Balaban J connectivity index is 1.64. The van der Waals surface area contributed by atoms with Gasteiger partial charge in [0, 0.05) is 13.1 Å². The van der Waals surface area contributed by atoms with Crippen LogP contribution in [0.2, 0.25) is 0 Å². The lowest BCUT2D eigenvalue weighted by atomic mass is 9.97. The molecule has 0 saturated carbocycles. The van der Waals surface area contributed by atoms with Crippen molar-refractivity contribution < 1.29 is 4.79 Å². The largest absolute Gasteiger partial charge is 0.355 e. The maximum absolute atomic E-state index is 13.0. The molecule has 1 aromatic carbocycles. The van der Waals surface area contributed by atoms with Gasteiger partial charge in [0.1, 0.15) is 0 Å². The summed E-state index contributed by atoms with van der Waals surface area (Å²) in [7, 11) is 0. The third-order valence-electron chi connectivity index (χ3n) is 5.24. The number of benzene rings is 1. The van der Waals surface area contributed by atoms with E-state index in [1.807, 2.05) is 24.3 Å². The van der Waals surface area contributed by atoms with Gasteiger partial charge in [-0.3, -0.25) is 14.2 Å². The molecule has 0 radical (unpaired) electrons. The van der Waals surface area contributed by atoms with Gasteiger partial charge in [0.2, 0.25) is 5.91 Å². The van der Waals surface area contributed by atoms with Crippen molar-refractivity contribution in [2.24, 2.45) is 5.92 Å². The topological polar surface area (TPSA) is 64.0 Å². The van der Waals surface area contributed by atoms with Crippen molar-refractivity contribution in [3.63, 3.8) is 0 Å². The second kappa shape index (κ2) is 10.6. The molecule has 1 amide bonds. The smallest absolute Gasteiger partial charge is 0.262 e. The summed E-state index contributed by atoms with van der Waals surface area (Å²) in [6.07, 6.45) is 9.02. The van der Waals surface area contributed by atoms with Crippen LogP contribution in [0.15, 0.2) is 45.9 Å². The van der Waals surface area contributed by atoms with Crippen molar-refractivity contribution in [2.45, 2.75) is 64.1 Å². The van der Waals surface area contributed by atoms with E-state index in [4.69, 9.17) is 0 Å². The number of amides is 1. The molecule has 1 aliphatic carbocycles. The molecule has 5 nitrogen and oxygen atoms in total. The molecule has 156 valence electrons. The van der Waals surface area contributed by atoms with Gasteiger partial charge in [-0.25, -0.2) is 4.98 Å². The second-order valence-electron chi connectivity index (χ2n) is 8.05. The summed E-state index contributed by atoms with van der Waals surface area (Å²) >= 11 is 1.35. The van der Waals surface area contributed by atoms with E-state index in [1.54, 1.807) is 4.57 Å². The Morgan fingerprint density at radius 2 is 2.10 bits per heavy atom. The van der Waals surface area contributed by atoms with Gasteiger partial charge in [-0.15, -0.1) is 0 Å². The molecule has 0 fully saturated rings. The number of carbonyl (C=O) groups excluding carboxylic acids is 1. The number of rotatable bonds is 9. The van der Waals surface area contributed by atoms with E-state index in [9.17, 15) is 9.59 Å². The number of allylic oxidation sites excluding steroid dienone is 1. The predicted octanol–water partition coefficient (Wildman–Crippen LogP) is 4.54. The molecule has 0 atom stereocenters. The number of thioether (sulfide) groups is 1. The third-order valence-corrected chi connectivity index (χ3v) is 6.22. The van der Waals surface area contributed by atoms with Crippen LogP contribution in [-0.4, -0.2) is 27.8 Å². The first kappa shape index (κ1) is 21.6. The number of carbonyl (C=O) groups is 1. The van der Waals surface area contributed by atoms with Gasteiger partial charge >= 0.3 is 0 Å². The van der Waals surface area contributed by atoms with Crippen LogP contribution in [0.4, 0.5) is 0 Å². The van der Waals surface area contributed by atoms with E-state index in [1.165, 1.54) is 36.6 Å². The second-order valence-corrected chi connectivity index (χ2v) is 8.99. The first-order valence-corrected chi connectivity index (χ1v) is 11.6. The van der Waals surface area contributed by atoms with Crippen molar-refractivity contribution >= 4 is 28.6 Å². The Hall–Kier alpha value is -2.08. The first-order chi connectivity index (χ1) is 14.0. The number of hydrogen-bond donors (Lipinski definition) is 1. The zero-order valence-electron chi connectivity index (χ0n) is 17.4. The van der Waals surface area contributed by atoms with Crippen LogP contribution in [0, 0.1) is 5.92 Å². The van der Waals surface area contributed by atoms with Crippen LogP contribution >= 0.6 is 11.8 Å². The quantitative estimate of drug-likeness (QED) is 0.372. The fourth-order valence-electron chi connectivity index (χ4n) is 3.52. The molecular formula is C23H31N3O2S. The molecule has 1 aromatic heterocycles. The summed E-state index contributed by atoms with van der Waals surface area (Å²) in [5, 5.41) is 4.26. The maximum Gasteiger partial charge on any atom is 0.262 e. The van der Waals surface area contributed by atoms with Crippen LogP contribution in [0.1, 0.15) is 52.4 Å². The van der Waals surface area contributed by atoms with Gasteiger partial charge in [0.25, 0.3) is 5.56 Å². The fraction of sp³-hybridized carbons (Fsp3) is 0.522. The fourth-order valence-corrected chi connectivity index (χ4v) is 4.37. The molecule has 3 rings (SSSR count). The van der Waals surface area contributed by atoms with Gasteiger partial charge < -0.3 is 5.32 Å². The highest BCUT2D eigenvalue weighted by atomic mass is 32.2. The molecule has 29 heavy (non-hydrogen) atoms. The van der Waals surface area contributed by atoms with Gasteiger partial charge in [-0.2, -0.15) is 0 Å². The summed E-state index contributed by atoms with van der Waals surface area (Å²) in [5.74, 6) is 0.749. The number of nitrogens with zero attached hydrogens (tertiary/aromatic N) is 2. The lowest BCUT2D eigenvalue weighted by molar-refractivity contribution is -0.118. The maximum atomic E-state index is 13.0. The minimum atomic E-state index is -0.0246. The Morgan fingerprint density at radius 3 is 2.86 bits per heavy atom. The minimum absolute atomic E-state index is 0.00998. The SMILES string of the molecule is CC(C)CCn1c(SCC(=O)NCCC2=CCCCC2)nc2ccccc2c1=O. The number of hydrogen-bond acceptors (Lipinski definition) is 4. The summed E-state index contributed by atoms with van der Waals surface area (Å²) in [6.45, 7) is 5.58. The first-order valence-electron chi connectivity index (χ1n) is 10.6. The Kier molecular flexibility index (Phi) is 7.92. The molecule has 1 heterocycles. The van der Waals surface area contributed by atoms with Crippen LogP contribution in [0.5, 0.6) is 0 Å². The Bertz CT molecular complexity index is 933. The lowest BCUT2D eigenvalue weighted by Crippen LogP contribution is -2.28. The Morgan fingerprint density at radius 1 is 1.28 bits per heavy atom. The highest BCUT2D eigenvalue weighted by Crippen LogP contribution is 2.20. The molecule has 2 aromatic rings. The van der Waals surface area contributed by atoms with Crippen molar-refractivity contribution in [3.8, 4) is 0 Å². The molecular weight excluding hydrogens is 382 g/mol. The average molecular weight is 414 g/mol. The van der Waals surface area contributed by atoms with Gasteiger partial charge in [0.15, 0.2) is 5.16 Å². The van der Waals surface area contributed by atoms with Gasteiger partial charge in [-0.1, -0.05) is 49.4 Å². The van der Waals surface area contributed by atoms with Crippen LogP contribution < -0.4 is 10.9 Å². The Labute approximate surface area is 177 Å². The number of para-hydroxylation sites is 1. The van der Waals surface area contributed by atoms with Crippen LogP contribution in [0.3, 0.4) is 0 Å². The highest BCUT2D eigenvalue weighted by molar-refractivity contribution is 7.99. The van der Waals surface area contributed by atoms with Crippen molar-refractivity contribution in [1.82, 2.24) is 14.9 Å². The number of aromatic nitrogens is 2. The zero-order chi connectivity index (χ0) is 20.6. The van der Waals surface area contributed by atoms with E-state index in [0.29, 0.717) is 35.1 Å². The monoisotopic (exact) mass is 413 g/mol. The minimum Gasteiger partial charge on any atom is -0.355 e. The molecule has 0 aliphatic heterocycles. The van der Waals surface area contributed by atoms with E-state index in [-0.39, 0.29) is 17.2 Å². The molecule has 1 aliphatic rings. The average Bonchev–Trinajstić information content (AvgIpc) is 2.72. The van der Waals surface area contributed by atoms with Crippen molar-refractivity contribution in [1.29, 1.82) is 0 Å². The molecule has 1 N–H and O–H groups in total. The van der Waals surface area contributed by atoms with E-state index >= 15 is 0 Å². The molecule has 0 spiro atoms. The lowest BCUT2D eigenvalue weighted by Gasteiger charge is -2.15. The van der Waals surface area contributed by atoms with E-state index in [2.05, 4.69) is 30.2 Å². The van der Waals surface area contributed by atoms with Crippen LogP contribution in [-0.2, 0) is 11.3 Å². The molecule has 0 unspecified atom stereocenters. The van der Waals surface area contributed by atoms with E-state index in [0.717, 1.165) is 19.3 Å². The summed E-state index contributed by atoms with van der Waals surface area (Å²) < 4.78 is 1.73. The third kappa shape index (κ3) is 6.20. The zero-order valence-corrected chi connectivity index (χ0v) is 18.3. The van der Waals surface area contributed by atoms with Crippen LogP contribution in [0.25, 0.3) is 10.9 Å². The summed E-state index contributed by atoms with van der Waals surface area (Å²) in [4.78, 5) is 30.0. The normalized spacial score (nSPS) is 14.2. The van der Waals surface area contributed by atoms with Crippen molar-refractivity contribution in [3.05, 3.63) is 46.3 Å². The molecule has 0 saturated heterocycles. The summed E-state index contributed by atoms with van der Waals surface area (Å²) in [5.41, 5.74) is 2.12. The highest BCUT2D eigenvalue weighted by Gasteiger charge is 2.14. The molecule has 6 heteroatoms. The summed E-state index contributed by atoms with van der Waals surface area (Å²) in [6, 6.07) is 7.41. The van der Waals surface area contributed by atoms with Crippen molar-refractivity contribution in [2.75, 3.05) is 12.3 Å². The molecule has 0 bridgehead atoms. The van der Waals surface area contributed by atoms with Gasteiger partial charge in [0.05, 0.1) is 16.7 Å². The van der Waals surface area contributed by atoms with Gasteiger partial charge in [-0.05, 0) is 56.6 Å². The number of nitrogens with one attached hydrogen (secondary N) is 1. The number of fused-ring (bicyclic) bond motifs is 1.